The first-order chi connectivity index (χ1) is 8.27. The van der Waals surface area contributed by atoms with Gasteiger partial charge in [-0.15, -0.1) is 0 Å². The Hall–Kier alpha value is -0.780. The number of benzene rings is 1. The first kappa shape index (κ1) is 14.3. The molecule has 17 heavy (non-hydrogen) atoms. The van der Waals surface area contributed by atoms with Crippen LogP contribution < -0.4 is 10.1 Å². The Morgan fingerprint density at radius 1 is 1.18 bits per heavy atom. The predicted molar refractivity (Wildman–Crippen MR) is 71.9 cm³/mol. The van der Waals surface area contributed by atoms with Gasteiger partial charge in [0.2, 0.25) is 0 Å². The molecule has 0 unspecified atom stereocenters. The normalized spacial score (nSPS) is 10.3. The minimum Gasteiger partial charge on any atom is -0.495 e. The van der Waals surface area contributed by atoms with Crippen molar-refractivity contribution in [3.05, 3.63) is 22.7 Å². The van der Waals surface area contributed by atoms with E-state index in [1.807, 2.05) is 18.2 Å². The molecular weight excluding hydrogens is 286 g/mol. The number of ether oxygens (including phenoxy) is 3. The molecule has 0 saturated carbocycles. The Bertz CT molecular complexity index is 334. The molecular formula is C12H18BrNO3. The average molecular weight is 304 g/mol. The van der Waals surface area contributed by atoms with E-state index in [0.717, 1.165) is 22.5 Å². The van der Waals surface area contributed by atoms with Gasteiger partial charge >= 0.3 is 0 Å². The summed E-state index contributed by atoms with van der Waals surface area (Å²) in [7, 11) is 3.31. The summed E-state index contributed by atoms with van der Waals surface area (Å²) in [6.45, 7) is 2.67. The first-order valence-electron chi connectivity index (χ1n) is 5.42. The van der Waals surface area contributed by atoms with Crippen LogP contribution >= 0.6 is 15.9 Å². The van der Waals surface area contributed by atoms with Crippen molar-refractivity contribution in [1.82, 2.24) is 0 Å². The minimum atomic E-state index is 0.627. The molecule has 96 valence electrons. The van der Waals surface area contributed by atoms with Crippen molar-refractivity contribution in [2.45, 2.75) is 0 Å². The molecule has 0 saturated heterocycles. The molecule has 1 aromatic rings. The van der Waals surface area contributed by atoms with Gasteiger partial charge in [0.1, 0.15) is 5.75 Å². The summed E-state index contributed by atoms with van der Waals surface area (Å²) in [6.07, 6.45) is 0. The highest BCUT2D eigenvalue weighted by Crippen LogP contribution is 2.27. The van der Waals surface area contributed by atoms with Crippen LogP contribution in [0.25, 0.3) is 0 Å². The van der Waals surface area contributed by atoms with Crippen molar-refractivity contribution in [3.8, 4) is 5.75 Å². The van der Waals surface area contributed by atoms with Crippen LogP contribution in [0.4, 0.5) is 5.69 Å². The van der Waals surface area contributed by atoms with Crippen LogP contribution in [0.5, 0.6) is 5.75 Å². The van der Waals surface area contributed by atoms with Crippen LogP contribution in [0.3, 0.4) is 0 Å². The largest absolute Gasteiger partial charge is 0.495 e. The van der Waals surface area contributed by atoms with E-state index in [1.54, 1.807) is 14.2 Å². The number of anilines is 1. The van der Waals surface area contributed by atoms with Crippen LogP contribution in [-0.2, 0) is 9.47 Å². The van der Waals surface area contributed by atoms with Gasteiger partial charge in [-0.05, 0) is 28.1 Å². The highest BCUT2D eigenvalue weighted by molar-refractivity contribution is 9.10. The highest BCUT2D eigenvalue weighted by atomic mass is 79.9. The zero-order chi connectivity index (χ0) is 12.5. The van der Waals surface area contributed by atoms with Crippen molar-refractivity contribution in [3.63, 3.8) is 0 Å². The van der Waals surface area contributed by atoms with Gasteiger partial charge in [0.05, 0.1) is 31.4 Å². The Morgan fingerprint density at radius 3 is 2.71 bits per heavy atom. The molecule has 0 aromatic heterocycles. The van der Waals surface area contributed by atoms with Crippen LogP contribution in [0.15, 0.2) is 22.7 Å². The van der Waals surface area contributed by atoms with Crippen LogP contribution in [0.1, 0.15) is 0 Å². The van der Waals surface area contributed by atoms with E-state index < -0.39 is 0 Å². The van der Waals surface area contributed by atoms with E-state index in [9.17, 15) is 0 Å². The van der Waals surface area contributed by atoms with E-state index >= 15 is 0 Å². The fourth-order valence-electron chi connectivity index (χ4n) is 1.28. The Labute approximate surface area is 110 Å². The molecule has 0 aliphatic heterocycles. The smallest absolute Gasteiger partial charge is 0.135 e. The molecule has 1 rings (SSSR count). The van der Waals surface area contributed by atoms with Gasteiger partial charge in [-0.3, -0.25) is 0 Å². The van der Waals surface area contributed by atoms with Gasteiger partial charge in [-0.1, -0.05) is 0 Å². The summed E-state index contributed by atoms with van der Waals surface area (Å²) < 4.78 is 16.4. The Kier molecular flexibility index (Phi) is 7.00. The third-order valence-electron chi connectivity index (χ3n) is 2.16. The van der Waals surface area contributed by atoms with E-state index in [4.69, 9.17) is 14.2 Å². The first-order valence-corrected chi connectivity index (χ1v) is 6.21. The van der Waals surface area contributed by atoms with E-state index in [1.165, 1.54) is 0 Å². The summed E-state index contributed by atoms with van der Waals surface area (Å²) in [6, 6.07) is 5.88. The lowest BCUT2D eigenvalue weighted by atomic mass is 10.3. The van der Waals surface area contributed by atoms with Crippen molar-refractivity contribution in [1.29, 1.82) is 0 Å². The summed E-state index contributed by atoms with van der Waals surface area (Å²) in [5.74, 6) is 0.815. The van der Waals surface area contributed by atoms with E-state index in [-0.39, 0.29) is 0 Å². The number of halogens is 1. The van der Waals surface area contributed by atoms with Crippen molar-refractivity contribution < 1.29 is 14.2 Å². The number of hydrogen-bond acceptors (Lipinski definition) is 4. The number of rotatable bonds is 8. The second kappa shape index (κ2) is 8.33. The molecule has 0 radical (unpaired) electrons. The monoisotopic (exact) mass is 303 g/mol. The molecule has 0 heterocycles. The standard InChI is InChI=1S/C12H18BrNO3/c1-15-7-8-17-6-5-14-10-3-4-11(13)12(9-10)16-2/h3-4,9,14H,5-8H2,1-2H3. The summed E-state index contributed by atoms with van der Waals surface area (Å²) in [5, 5.41) is 3.26. The molecule has 0 aliphatic carbocycles. The summed E-state index contributed by atoms with van der Waals surface area (Å²) in [4.78, 5) is 0. The SMILES string of the molecule is COCCOCCNc1ccc(Br)c(OC)c1. The lowest BCUT2D eigenvalue weighted by Gasteiger charge is -2.09. The third-order valence-corrected chi connectivity index (χ3v) is 2.81. The molecule has 0 spiro atoms. The number of hydrogen-bond donors (Lipinski definition) is 1. The average Bonchev–Trinajstić information content (AvgIpc) is 2.35. The van der Waals surface area contributed by atoms with E-state index in [0.29, 0.717) is 19.8 Å². The van der Waals surface area contributed by atoms with Crippen LogP contribution in [0.2, 0.25) is 0 Å². The number of methoxy groups -OCH3 is 2. The van der Waals surface area contributed by atoms with Gasteiger partial charge < -0.3 is 19.5 Å². The van der Waals surface area contributed by atoms with Gasteiger partial charge in [0.25, 0.3) is 0 Å². The molecule has 4 nitrogen and oxygen atoms in total. The quantitative estimate of drug-likeness (QED) is 0.749. The zero-order valence-corrected chi connectivity index (χ0v) is 11.7. The Balaban J connectivity index is 2.27. The van der Waals surface area contributed by atoms with Gasteiger partial charge in [-0.25, -0.2) is 0 Å². The maximum Gasteiger partial charge on any atom is 0.135 e. The zero-order valence-electron chi connectivity index (χ0n) is 10.2. The summed E-state index contributed by atoms with van der Waals surface area (Å²) in [5.41, 5.74) is 1.01. The minimum absolute atomic E-state index is 0.627. The van der Waals surface area contributed by atoms with E-state index in [2.05, 4.69) is 21.2 Å². The second-order valence-electron chi connectivity index (χ2n) is 3.38. The number of nitrogens with one attached hydrogen (secondary N) is 1. The summed E-state index contributed by atoms with van der Waals surface area (Å²) >= 11 is 3.41. The lowest BCUT2D eigenvalue weighted by Crippen LogP contribution is -2.11. The molecule has 0 bridgehead atoms. The third kappa shape index (κ3) is 5.39. The fraction of sp³-hybridized carbons (Fsp3) is 0.500. The maximum absolute atomic E-state index is 5.35. The fourth-order valence-corrected chi connectivity index (χ4v) is 1.69. The Morgan fingerprint density at radius 2 is 2.00 bits per heavy atom. The predicted octanol–water partition coefficient (Wildman–Crippen LogP) is 2.53. The van der Waals surface area contributed by atoms with Gasteiger partial charge in [-0.2, -0.15) is 0 Å². The van der Waals surface area contributed by atoms with Crippen LogP contribution in [-0.4, -0.2) is 40.6 Å². The highest BCUT2D eigenvalue weighted by Gasteiger charge is 2.00. The maximum atomic E-state index is 5.35. The molecule has 1 N–H and O–H groups in total. The van der Waals surface area contributed by atoms with Gasteiger partial charge in [0, 0.05) is 25.4 Å². The lowest BCUT2D eigenvalue weighted by molar-refractivity contribution is 0.0759. The molecule has 0 amide bonds. The topological polar surface area (TPSA) is 39.7 Å². The van der Waals surface area contributed by atoms with Crippen LogP contribution in [0, 0.1) is 0 Å². The van der Waals surface area contributed by atoms with Crippen molar-refractivity contribution >= 4 is 21.6 Å². The molecule has 1 aromatic carbocycles. The molecule has 0 atom stereocenters. The van der Waals surface area contributed by atoms with Crippen molar-refractivity contribution in [2.75, 3.05) is 45.9 Å². The second-order valence-corrected chi connectivity index (χ2v) is 4.24. The molecule has 0 fully saturated rings. The molecule has 0 aliphatic rings. The van der Waals surface area contributed by atoms with Crippen molar-refractivity contribution in [2.24, 2.45) is 0 Å². The van der Waals surface area contributed by atoms with Gasteiger partial charge in [0.15, 0.2) is 0 Å². The molecule has 5 heteroatoms.